The first kappa shape index (κ1) is 13.6. The van der Waals surface area contributed by atoms with E-state index in [0.29, 0.717) is 6.54 Å². The zero-order valence-electron chi connectivity index (χ0n) is 11.7. The van der Waals surface area contributed by atoms with Crippen LogP contribution in [0.25, 0.3) is 11.1 Å². The number of benzene rings is 1. The summed E-state index contributed by atoms with van der Waals surface area (Å²) in [5, 5.41) is 0. The molecule has 0 aliphatic carbocycles. The number of hydrogen-bond donors (Lipinski definition) is 1. The largest absolute Gasteiger partial charge is 0.489 e. The van der Waals surface area contributed by atoms with E-state index in [0.717, 1.165) is 16.9 Å². The number of nitrogens with two attached hydrogens (primary N) is 1. The molecule has 0 fully saturated rings. The molecular formula is C16H20N2O. The van der Waals surface area contributed by atoms with E-state index in [1.807, 2.05) is 26.1 Å². The molecule has 0 saturated carbocycles. The quantitative estimate of drug-likeness (QED) is 0.913. The van der Waals surface area contributed by atoms with Crippen LogP contribution >= 0.6 is 0 Å². The van der Waals surface area contributed by atoms with Crippen molar-refractivity contribution in [1.82, 2.24) is 4.98 Å². The van der Waals surface area contributed by atoms with Crippen LogP contribution in [0.15, 0.2) is 36.7 Å². The predicted octanol–water partition coefficient (Wildman–Crippen LogP) is 3.30. The van der Waals surface area contributed by atoms with Crippen LogP contribution < -0.4 is 10.5 Å². The van der Waals surface area contributed by atoms with Crippen molar-refractivity contribution in [1.29, 1.82) is 0 Å². The Morgan fingerprint density at radius 1 is 1.21 bits per heavy atom. The Morgan fingerprint density at radius 2 is 2.00 bits per heavy atom. The maximum atomic E-state index is 5.68. The monoisotopic (exact) mass is 256 g/mol. The summed E-state index contributed by atoms with van der Waals surface area (Å²) in [5.41, 5.74) is 10.2. The number of aromatic nitrogens is 1. The van der Waals surface area contributed by atoms with Gasteiger partial charge in [-0.1, -0.05) is 18.2 Å². The fourth-order valence-electron chi connectivity index (χ4n) is 2.08. The minimum absolute atomic E-state index is 0.151. The molecule has 2 aromatic rings. The summed E-state index contributed by atoms with van der Waals surface area (Å²) in [6.07, 6.45) is 3.75. The summed E-state index contributed by atoms with van der Waals surface area (Å²) in [5.74, 6) is 0.801. The number of hydrogen-bond acceptors (Lipinski definition) is 3. The molecule has 19 heavy (non-hydrogen) atoms. The van der Waals surface area contributed by atoms with E-state index >= 15 is 0 Å². The topological polar surface area (TPSA) is 48.1 Å². The van der Waals surface area contributed by atoms with Gasteiger partial charge in [0.05, 0.1) is 12.3 Å². The molecule has 0 saturated heterocycles. The smallest absolute Gasteiger partial charge is 0.138 e. The van der Waals surface area contributed by atoms with Crippen molar-refractivity contribution in [3.63, 3.8) is 0 Å². The second-order valence-corrected chi connectivity index (χ2v) is 4.93. The molecule has 1 aromatic carbocycles. The van der Waals surface area contributed by atoms with Crippen LogP contribution in [0.2, 0.25) is 0 Å². The fourth-order valence-corrected chi connectivity index (χ4v) is 2.08. The van der Waals surface area contributed by atoms with Crippen LogP contribution in [0.5, 0.6) is 5.75 Å². The van der Waals surface area contributed by atoms with E-state index in [-0.39, 0.29) is 6.10 Å². The minimum atomic E-state index is 0.151. The van der Waals surface area contributed by atoms with Gasteiger partial charge in [-0.2, -0.15) is 0 Å². The second kappa shape index (κ2) is 5.85. The highest BCUT2D eigenvalue weighted by Gasteiger charge is 2.06. The van der Waals surface area contributed by atoms with Crippen molar-refractivity contribution in [3.05, 3.63) is 47.8 Å². The van der Waals surface area contributed by atoms with Gasteiger partial charge in [-0.15, -0.1) is 0 Å². The molecule has 0 aliphatic heterocycles. The third kappa shape index (κ3) is 3.32. The lowest BCUT2D eigenvalue weighted by Crippen LogP contribution is -2.05. The molecule has 1 aromatic heterocycles. The summed E-state index contributed by atoms with van der Waals surface area (Å²) in [7, 11) is 0. The van der Waals surface area contributed by atoms with Crippen LogP contribution in [0.3, 0.4) is 0 Å². The first-order chi connectivity index (χ1) is 9.10. The first-order valence-electron chi connectivity index (χ1n) is 6.52. The molecule has 3 nitrogen and oxygen atoms in total. The molecule has 0 spiro atoms. The molecule has 0 aliphatic rings. The second-order valence-electron chi connectivity index (χ2n) is 4.93. The summed E-state index contributed by atoms with van der Waals surface area (Å²) in [4.78, 5) is 4.25. The molecule has 0 atom stereocenters. The molecular weight excluding hydrogens is 236 g/mol. The number of nitrogens with zero attached hydrogens (tertiary/aromatic N) is 1. The molecule has 2 N–H and O–H groups in total. The first-order valence-corrected chi connectivity index (χ1v) is 6.52. The third-order valence-corrected chi connectivity index (χ3v) is 2.92. The number of pyridine rings is 1. The maximum Gasteiger partial charge on any atom is 0.138 e. The summed E-state index contributed by atoms with van der Waals surface area (Å²) < 4.78 is 5.68. The molecule has 3 heteroatoms. The fraction of sp³-hybridized carbons (Fsp3) is 0.312. The van der Waals surface area contributed by atoms with Crippen LogP contribution in [0, 0.1) is 6.92 Å². The SMILES string of the molecule is Cc1cc(CN)ccc1-c1cncc(OC(C)C)c1. The summed E-state index contributed by atoms with van der Waals surface area (Å²) >= 11 is 0. The Kier molecular flexibility index (Phi) is 4.17. The lowest BCUT2D eigenvalue weighted by molar-refractivity contribution is 0.241. The average molecular weight is 256 g/mol. The third-order valence-electron chi connectivity index (χ3n) is 2.92. The Morgan fingerprint density at radius 3 is 2.63 bits per heavy atom. The van der Waals surface area contributed by atoms with Gasteiger partial charge in [0.2, 0.25) is 0 Å². The van der Waals surface area contributed by atoms with Crippen molar-refractivity contribution in [2.75, 3.05) is 0 Å². The Bertz CT molecular complexity index is 564. The average Bonchev–Trinajstić information content (AvgIpc) is 2.38. The van der Waals surface area contributed by atoms with Gasteiger partial charge in [0, 0.05) is 18.3 Å². The predicted molar refractivity (Wildman–Crippen MR) is 78.1 cm³/mol. The van der Waals surface area contributed by atoms with Gasteiger partial charge >= 0.3 is 0 Å². The van der Waals surface area contributed by atoms with Crippen molar-refractivity contribution in [2.45, 2.75) is 33.4 Å². The van der Waals surface area contributed by atoms with Crippen molar-refractivity contribution in [3.8, 4) is 16.9 Å². The van der Waals surface area contributed by atoms with E-state index in [2.05, 4.69) is 30.1 Å². The van der Waals surface area contributed by atoms with Crippen LogP contribution in [0.1, 0.15) is 25.0 Å². The Hall–Kier alpha value is -1.87. The van der Waals surface area contributed by atoms with E-state index in [9.17, 15) is 0 Å². The van der Waals surface area contributed by atoms with Crippen LogP contribution in [0.4, 0.5) is 0 Å². The molecule has 0 radical (unpaired) electrons. The zero-order chi connectivity index (χ0) is 13.8. The Balaban J connectivity index is 2.36. The van der Waals surface area contributed by atoms with Gasteiger partial charge in [-0.05, 0) is 43.5 Å². The van der Waals surface area contributed by atoms with Crippen molar-refractivity contribution < 1.29 is 4.74 Å². The molecule has 100 valence electrons. The summed E-state index contributed by atoms with van der Waals surface area (Å²) in [6.45, 7) is 6.67. The maximum absolute atomic E-state index is 5.68. The molecule has 0 unspecified atom stereocenters. The van der Waals surface area contributed by atoms with Gasteiger partial charge in [-0.25, -0.2) is 0 Å². The highest BCUT2D eigenvalue weighted by atomic mass is 16.5. The van der Waals surface area contributed by atoms with Gasteiger partial charge in [-0.3, -0.25) is 4.98 Å². The number of rotatable bonds is 4. The van der Waals surface area contributed by atoms with E-state index < -0.39 is 0 Å². The minimum Gasteiger partial charge on any atom is -0.489 e. The van der Waals surface area contributed by atoms with Crippen LogP contribution in [-0.2, 0) is 6.54 Å². The zero-order valence-corrected chi connectivity index (χ0v) is 11.7. The number of ether oxygens (including phenoxy) is 1. The lowest BCUT2D eigenvalue weighted by Gasteiger charge is -2.12. The highest BCUT2D eigenvalue weighted by Crippen LogP contribution is 2.26. The van der Waals surface area contributed by atoms with E-state index in [4.69, 9.17) is 10.5 Å². The van der Waals surface area contributed by atoms with E-state index in [1.165, 1.54) is 11.1 Å². The van der Waals surface area contributed by atoms with Gasteiger partial charge in [0.1, 0.15) is 5.75 Å². The molecule has 2 rings (SSSR count). The standard InChI is InChI=1S/C16H20N2O/c1-11(2)19-15-7-14(9-18-10-15)16-5-4-13(8-17)6-12(16)3/h4-7,9-11H,8,17H2,1-3H3. The highest BCUT2D eigenvalue weighted by molar-refractivity contribution is 5.67. The number of aryl methyl sites for hydroxylation is 1. The molecule has 0 bridgehead atoms. The van der Waals surface area contributed by atoms with Crippen LogP contribution in [-0.4, -0.2) is 11.1 Å². The lowest BCUT2D eigenvalue weighted by atomic mass is 9.99. The normalized spacial score (nSPS) is 10.8. The van der Waals surface area contributed by atoms with E-state index in [1.54, 1.807) is 6.20 Å². The van der Waals surface area contributed by atoms with Gasteiger partial charge in [0.25, 0.3) is 0 Å². The van der Waals surface area contributed by atoms with Gasteiger partial charge < -0.3 is 10.5 Å². The molecule has 0 amide bonds. The van der Waals surface area contributed by atoms with Crippen molar-refractivity contribution in [2.24, 2.45) is 5.73 Å². The van der Waals surface area contributed by atoms with Crippen molar-refractivity contribution >= 4 is 0 Å². The Labute approximate surface area is 114 Å². The van der Waals surface area contributed by atoms with Gasteiger partial charge in [0.15, 0.2) is 0 Å². The molecule has 1 heterocycles. The summed E-state index contributed by atoms with van der Waals surface area (Å²) in [6, 6.07) is 8.29.